The lowest BCUT2D eigenvalue weighted by Crippen LogP contribution is -2.37. The number of hydrogen-bond donors (Lipinski definition) is 1. The highest BCUT2D eigenvalue weighted by Crippen LogP contribution is 2.11. The lowest BCUT2D eigenvalue weighted by molar-refractivity contribution is -0.141. The summed E-state index contributed by atoms with van der Waals surface area (Å²) in [7, 11) is 2.94. The van der Waals surface area contributed by atoms with Crippen LogP contribution in [0.25, 0.3) is 0 Å². The normalized spacial score (nSPS) is 11.6. The molecule has 1 N–H and O–H groups in total. The van der Waals surface area contributed by atoms with E-state index in [0.29, 0.717) is 6.42 Å². The van der Waals surface area contributed by atoms with Gasteiger partial charge in [-0.05, 0) is 24.1 Å². The van der Waals surface area contributed by atoms with Crippen LogP contribution in [0.4, 0.5) is 0 Å². The first-order chi connectivity index (χ1) is 9.58. The molecule has 1 atom stereocenters. The van der Waals surface area contributed by atoms with Crippen LogP contribution in [0.2, 0.25) is 0 Å². The lowest BCUT2D eigenvalue weighted by atomic mass is 10.1. The Morgan fingerprint density at radius 3 is 2.35 bits per heavy atom. The Morgan fingerprint density at radius 1 is 1.20 bits per heavy atom. The van der Waals surface area contributed by atoms with Crippen molar-refractivity contribution in [2.75, 3.05) is 14.2 Å². The number of carbonyl (C=O) groups is 2. The molecule has 5 nitrogen and oxygen atoms in total. The molecule has 1 unspecified atom stereocenters. The number of benzene rings is 1. The van der Waals surface area contributed by atoms with Gasteiger partial charge in [0.1, 0.15) is 5.75 Å². The molecule has 1 rings (SSSR count). The summed E-state index contributed by atoms with van der Waals surface area (Å²) in [6.07, 6.45) is 1.16. The van der Waals surface area contributed by atoms with Crippen LogP contribution >= 0.6 is 0 Å². The maximum Gasteiger partial charge on any atom is 0.307 e. The zero-order valence-corrected chi connectivity index (χ0v) is 12.1. The van der Waals surface area contributed by atoms with Crippen LogP contribution in [-0.4, -0.2) is 32.1 Å². The second-order valence-corrected chi connectivity index (χ2v) is 4.48. The molecule has 0 radical (unpaired) electrons. The molecule has 0 saturated carbocycles. The fraction of sp³-hybridized carbons (Fsp3) is 0.467. The van der Waals surface area contributed by atoms with Crippen molar-refractivity contribution in [3.05, 3.63) is 29.8 Å². The van der Waals surface area contributed by atoms with E-state index >= 15 is 0 Å². The molecule has 0 saturated heterocycles. The van der Waals surface area contributed by atoms with Gasteiger partial charge < -0.3 is 14.8 Å². The Balaban J connectivity index is 2.50. The van der Waals surface area contributed by atoms with Gasteiger partial charge in [0.25, 0.3) is 0 Å². The summed E-state index contributed by atoms with van der Waals surface area (Å²) in [5, 5.41) is 2.84. The zero-order chi connectivity index (χ0) is 15.0. The smallest absolute Gasteiger partial charge is 0.307 e. The Bertz CT molecular complexity index is 442. The van der Waals surface area contributed by atoms with E-state index in [0.717, 1.165) is 11.3 Å². The molecule has 1 aromatic rings. The minimum atomic E-state index is -0.318. The summed E-state index contributed by atoms with van der Waals surface area (Å²) in [5.74, 6) is 0.332. The van der Waals surface area contributed by atoms with Crippen LogP contribution in [0.1, 0.15) is 25.3 Å². The quantitative estimate of drug-likeness (QED) is 0.771. The summed E-state index contributed by atoms with van der Waals surface area (Å²) in [6.45, 7) is 1.92. The number of hydrogen-bond acceptors (Lipinski definition) is 4. The van der Waals surface area contributed by atoms with Gasteiger partial charge in [-0.2, -0.15) is 0 Å². The van der Waals surface area contributed by atoms with Crippen molar-refractivity contribution in [3.8, 4) is 5.75 Å². The van der Waals surface area contributed by atoms with Gasteiger partial charge in [-0.25, -0.2) is 0 Å². The minimum Gasteiger partial charge on any atom is -0.497 e. The van der Waals surface area contributed by atoms with Crippen LogP contribution < -0.4 is 10.1 Å². The van der Waals surface area contributed by atoms with Gasteiger partial charge in [0.2, 0.25) is 5.91 Å². The van der Waals surface area contributed by atoms with Crippen LogP contribution in [0.5, 0.6) is 5.75 Å². The lowest BCUT2D eigenvalue weighted by Gasteiger charge is -2.15. The Kier molecular flexibility index (Phi) is 6.56. The average molecular weight is 279 g/mol. The molecule has 0 aliphatic rings. The fourth-order valence-electron chi connectivity index (χ4n) is 1.79. The molecule has 5 heteroatoms. The van der Waals surface area contributed by atoms with Gasteiger partial charge in [-0.1, -0.05) is 19.1 Å². The molecule has 0 aliphatic carbocycles. The third kappa shape index (κ3) is 5.30. The van der Waals surface area contributed by atoms with Crippen molar-refractivity contribution >= 4 is 11.9 Å². The van der Waals surface area contributed by atoms with E-state index < -0.39 is 0 Å². The van der Waals surface area contributed by atoms with Crippen LogP contribution in [0.3, 0.4) is 0 Å². The molecule has 1 aromatic carbocycles. The summed E-state index contributed by atoms with van der Waals surface area (Å²) in [4.78, 5) is 23.1. The van der Waals surface area contributed by atoms with E-state index in [1.165, 1.54) is 7.11 Å². The molecule has 0 aliphatic heterocycles. The third-order valence-electron chi connectivity index (χ3n) is 3.02. The average Bonchev–Trinajstić information content (AvgIpc) is 2.47. The standard InChI is InChI=1S/C15H21NO4/c1-4-12(10-15(18)20-3)16-14(17)9-11-5-7-13(19-2)8-6-11/h5-8,12H,4,9-10H2,1-3H3,(H,16,17). The van der Waals surface area contributed by atoms with Gasteiger partial charge in [0, 0.05) is 6.04 Å². The van der Waals surface area contributed by atoms with Crippen LogP contribution in [0, 0.1) is 0 Å². The number of methoxy groups -OCH3 is 2. The predicted octanol–water partition coefficient (Wildman–Crippen LogP) is 1.70. The van der Waals surface area contributed by atoms with Crippen LogP contribution in [-0.2, 0) is 20.7 Å². The molecule has 0 aromatic heterocycles. The minimum absolute atomic E-state index is 0.106. The highest BCUT2D eigenvalue weighted by Gasteiger charge is 2.15. The Morgan fingerprint density at radius 2 is 1.85 bits per heavy atom. The molecule has 20 heavy (non-hydrogen) atoms. The molecular formula is C15H21NO4. The van der Waals surface area contributed by atoms with Crippen molar-refractivity contribution in [2.24, 2.45) is 0 Å². The largest absolute Gasteiger partial charge is 0.497 e. The fourth-order valence-corrected chi connectivity index (χ4v) is 1.79. The second-order valence-electron chi connectivity index (χ2n) is 4.48. The number of rotatable bonds is 7. The first-order valence-corrected chi connectivity index (χ1v) is 6.58. The topological polar surface area (TPSA) is 64.6 Å². The number of esters is 1. The van der Waals surface area contributed by atoms with Crippen molar-refractivity contribution in [2.45, 2.75) is 32.2 Å². The predicted molar refractivity (Wildman–Crippen MR) is 75.6 cm³/mol. The van der Waals surface area contributed by atoms with Gasteiger partial charge >= 0.3 is 5.97 Å². The van der Waals surface area contributed by atoms with E-state index in [-0.39, 0.29) is 30.8 Å². The van der Waals surface area contributed by atoms with E-state index in [4.69, 9.17) is 4.74 Å². The highest BCUT2D eigenvalue weighted by molar-refractivity contribution is 5.79. The first-order valence-electron chi connectivity index (χ1n) is 6.58. The van der Waals surface area contributed by atoms with Crippen molar-refractivity contribution in [1.82, 2.24) is 5.32 Å². The maximum atomic E-state index is 11.9. The number of amides is 1. The summed E-state index contributed by atoms with van der Waals surface area (Å²) in [5.41, 5.74) is 0.899. The Hall–Kier alpha value is -2.04. The van der Waals surface area contributed by atoms with Gasteiger partial charge in [-0.3, -0.25) is 9.59 Å². The van der Waals surface area contributed by atoms with Gasteiger partial charge in [0.05, 0.1) is 27.1 Å². The second kappa shape index (κ2) is 8.19. The summed E-state index contributed by atoms with van der Waals surface area (Å²) in [6, 6.07) is 7.13. The van der Waals surface area contributed by atoms with Crippen molar-refractivity contribution in [3.63, 3.8) is 0 Å². The maximum absolute atomic E-state index is 11.9. The molecule has 0 spiro atoms. The molecular weight excluding hydrogens is 258 g/mol. The van der Waals surface area contributed by atoms with E-state index in [2.05, 4.69) is 10.1 Å². The molecule has 0 fully saturated rings. The first kappa shape index (κ1) is 16.0. The number of carbonyl (C=O) groups excluding carboxylic acids is 2. The SMILES string of the molecule is CCC(CC(=O)OC)NC(=O)Cc1ccc(OC)cc1. The van der Waals surface area contributed by atoms with Gasteiger partial charge in [-0.15, -0.1) is 0 Å². The van der Waals surface area contributed by atoms with Crippen molar-refractivity contribution in [1.29, 1.82) is 0 Å². The number of ether oxygens (including phenoxy) is 2. The summed E-state index contributed by atoms with van der Waals surface area (Å²) < 4.78 is 9.66. The monoisotopic (exact) mass is 279 g/mol. The molecule has 110 valence electrons. The third-order valence-corrected chi connectivity index (χ3v) is 3.02. The van der Waals surface area contributed by atoms with Gasteiger partial charge in [0.15, 0.2) is 0 Å². The zero-order valence-electron chi connectivity index (χ0n) is 12.1. The van der Waals surface area contributed by atoms with E-state index in [1.807, 2.05) is 31.2 Å². The Labute approximate surface area is 119 Å². The summed E-state index contributed by atoms with van der Waals surface area (Å²) >= 11 is 0. The molecule has 0 bridgehead atoms. The highest BCUT2D eigenvalue weighted by atomic mass is 16.5. The number of nitrogens with one attached hydrogen (secondary N) is 1. The molecule has 0 heterocycles. The van der Waals surface area contributed by atoms with E-state index in [1.54, 1.807) is 7.11 Å². The molecule has 1 amide bonds. The van der Waals surface area contributed by atoms with E-state index in [9.17, 15) is 9.59 Å². The van der Waals surface area contributed by atoms with Crippen molar-refractivity contribution < 1.29 is 19.1 Å². The van der Waals surface area contributed by atoms with Crippen LogP contribution in [0.15, 0.2) is 24.3 Å².